The minimum atomic E-state index is 0.0126. The number of aromatic nitrogens is 2. The third-order valence-electron chi connectivity index (χ3n) is 2.65. The average Bonchev–Trinajstić information content (AvgIpc) is 2.45. The van der Waals surface area contributed by atoms with Gasteiger partial charge in [-0.1, -0.05) is 0 Å². The largest absolute Gasteiger partial charge is 0.385 e. The van der Waals surface area contributed by atoms with Crippen molar-refractivity contribution < 1.29 is 0 Å². The Morgan fingerprint density at radius 1 is 1.20 bits per heavy atom. The SMILES string of the molecule is CCNc1ccc2c(c1)n(C)c(=O)n2C. The van der Waals surface area contributed by atoms with Gasteiger partial charge in [0.05, 0.1) is 11.0 Å². The lowest BCUT2D eigenvalue weighted by Crippen LogP contribution is -2.19. The summed E-state index contributed by atoms with van der Waals surface area (Å²) in [7, 11) is 3.58. The normalized spacial score (nSPS) is 10.9. The maximum atomic E-state index is 11.7. The molecule has 4 heteroatoms. The molecule has 0 amide bonds. The topological polar surface area (TPSA) is 39.0 Å². The molecule has 0 unspecified atom stereocenters. The molecule has 0 aliphatic heterocycles. The number of hydrogen-bond acceptors (Lipinski definition) is 2. The molecule has 2 aromatic rings. The van der Waals surface area contributed by atoms with E-state index in [-0.39, 0.29) is 5.69 Å². The molecular weight excluding hydrogens is 190 g/mol. The van der Waals surface area contributed by atoms with E-state index in [0.29, 0.717) is 0 Å². The van der Waals surface area contributed by atoms with E-state index in [1.165, 1.54) is 0 Å². The summed E-state index contributed by atoms with van der Waals surface area (Å²) in [4.78, 5) is 11.7. The van der Waals surface area contributed by atoms with E-state index in [1.807, 2.05) is 25.1 Å². The second-order valence-corrected chi connectivity index (χ2v) is 3.63. The minimum Gasteiger partial charge on any atom is -0.385 e. The summed E-state index contributed by atoms with van der Waals surface area (Å²) in [6.45, 7) is 2.93. The molecule has 4 nitrogen and oxygen atoms in total. The maximum absolute atomic E-state index is 11.7. The Hall–Kier alpha value is -1.71. The summed E-state index contributed by atoms with van der Waals surface area (Å²) < 4.78 is 3.32. The number of anilines is 1. The smallest absolute Gasteiger partial charge is 0.328 e. The van der Waals surface area contributed by atoms with Crippen LogP contribution in [0, 0.1) is 0 Å². The van der Waals surface area contributed by atoms with Crippen molar-refractivity contribution in [3.63, 3.8) is 0 Å². The fourth-order valence-corrected chi connectivity index (χ4v) is 1.82. The van der Waals surface area contributed by atoms with Gasteiger partial charge in [0, 0.05) is 26.3 Å². The second-order valence-electron chi connectivity index (χ2n) is 3.63. The van der Waals surface area contributed by atoms with Crippen LogP contribution in [0.4, 0.5) is 5.69 Å². The maximum Gasteiger partial charge on any atom is 0.328 e. The van der Waals surface area contributed by atoms with Gasteiger partial charge in [-0.2, -0.15) is 0 Å². The van der Waals surface area contributed by atoms with Crippen LogP contribution in [0.25, 0.3) is 11.0 Å². The van der Waals surface area contributed by atoms with Crippen LogP contribution in [0.2, 0.25) is 0 Å². The van der Waals surface area contributed by atoms with Crippen molar-refractivity contribution in [2.24, 2.45) is 14.1 Å². The second kappa shape index (κ2) is 3.46. The first-order valence-electron chi connectivity index (χ1n) is 5.04. The van der Waals surface area contributed by atoms with E-state index >= 15 is 0 Å². The molecule has 2 rings (SSSR count). The first-order valence-corrected chi connectivity index (χ1v) is 5.04. The quantitative estimate of drug-likeness (QED) is 0.802. The molecule has 0 bridgehead atoms. The lowest BCUT2D eigenvalue weighted by molar-refractivity contribution is 0.795. The molecule has 1 heterocycles. The zero-order valence-corrected chi connectivity index (χ0v) is 9.24. The number of aryl methyl sites for hydroxylation is 2. The molecule has 0 radical (unpaired) electrons. The summed E-state index contributed by atoms with van der Waals surface area (Å²) in [5, 5.41) is 3.23. The van der Waals surface area contributed by atoms with Crippen LogP contribution in [-0.2, 0) is 14.1 Å². The van der Waals surface area contributed by atoms with Crippen LogP contribution in [-0.4, -0.2) is 15.7 Å². The molecule has 0 fully saturated rings. The van der Waals surface area contributed by atoms with Gasteiger partial charge in [0.1, 0.15) is 0 Å². The molecule has 1 aromatic heterocycles. The minimum absolute atomic E-state index is 0.0126. The number of imidazole rings is 1. The zero-order chi connectivity index (χ0) is 11.0. The first kappa shape index (κ1) is 9.83. The third-order valence-corrected chi connectivity index (χ3v) is 2.65. The van der Waals surface area contributed by atoms with Gasteiger partial charge in [-0.3, -0.25) is 9.13 Å². The van der Waals surface area contributed by atoms with E-state index < -0.39 is 0 Å². The van der Waals surface area contributed by atoms with Gasteiger partial charge in [0.2, 0.25) is 0 Å². The molecule has 1 N–H and O–H groups in total. The molecule has 1 aromatic carbocycles. The molecule has 0 aliphatic carbocycles. The Morgan fingerprint density at radius 3 is 2.53 bits per heavy atom. The zero-order valence-electron chi connectivity index (χ0n) is 9.24. The highest BCUT2D eigenvalue weighted by atomic mass is 16.1. The lowest BCUT2D eigenvalue weighted by atomic mass is 10.2. The van der Waals surface area contributed by atoms with Crippen LogP contribution >= 0.6 is 0 Å². The van der Waals surface area contributed by atoms with Gasteiger partial charge in [0.25, 0.3) is 0 Å². The van der Waals surface area contributed by atoms with Crippen LogP contribution in [0.15, 0.2) is 23.0 Å². The fourth-order valence-electron chi connectivity index (χ4n) is 1.82. The number of rotatable bonds is 2. The van der Waals surface area contributed by atoms with Crippen LogP contribution in [0.3, 0.4) is 0 Å². The average molecular weight is 205 g/mol. The van der Waals surface area contributed by atoms with Gasteiger partial charge >= 0.3 is 5.69 Å². The standard InChI is InChI=1S/C11H15N3O/c1-4-12-8-5-6-9-10(7-8)14(3)11(15)13(9)2/h5-7,12H,4H2,1-3H3. The predicted octanol–water partition coefficient (Wildman–Crippen LogP) is 1.31. The Balaban J connectivity index is 2.71. The number of nitrogens with zero attached hydrogens (tertiary/aromatic N) is 2. The number of fused-ring (bicyclic) bond motifs is 1. The van der Waals surface area contributed by atoms with Crippen molar-refractivity contribution in [1.82, 2.24) is 9.13 Å². The van der Waals surface area contributed by atoms with Gasteiger partial charge in [0.15, 0.2) is 0 Å². The highest BCUT2D eigenvalue weighted by molar-refractivity contribution is 5.80. The van der Waals surface area contributed by atoms with Crippen molar-refractivity contribution in [2.75, 3.05) is 11.9 Å². The number of nitrogens with one attached hydrogen (secondary N) is 1. The Kier molecular flexibility index (Phi) is 2.26. The van der Waals surface area contributed by atoms with Gasteiger partial charge in [-0.15, -0.1) is 0 Å². The van der Waals surface area contributed by atoms with Gasteiger partial charge < -0.3 is 5.32 Å². The van der Waals surface area contributed by atoms with Crippen molar-refractivity contribution in [2.45, 2.75) is 6.92 Å². The van der Waals surface area contributed by atoms with Crippen molar-refractivity contribution in [3.8, 4) is 0 Å². The molecule has 0 saturated heterocycles. The summed E-state index contributed by atoms with van der Waals surface area (Å²) in [5.74, 6) is 0. The highest BCUT2D eigenvalue weighted by Gasteiger charge is 2.07. The monoisotopic (exact) mass is 205 g/mol. The predicted molar refractivity (Wildman–Crippen MR) is 62.3 cm³/mol. The number of benzene rings is 1. The third kappa shape index (κ3) is 1.42. The van der Waals surface area contributed by atoms with Crippen molar-refractivity contribution in [1.29, 1.82) is 0 Å². The Morgan fingerprint density at radius 2 is 1.87 bits per heavy atom. The Labute approximate surface area is 88.1 Å². The molecule has 15 heavy (non-hydrogen) atoms. The van der Waals surface area contributed by atoms with E-state index in [9.17, 15) is 4.79 Å². The number of hydrogen-bond donors (Lipinski definition) is 1. The van der Waals surface area contributed by atoms with E-state index in [2.05, 4.69) is 5.32 Å². The van der Waals surface area contributed by atoms with E-state index in [1.54, 1.807) is 23.2 Å². The van der Waals surface area contributed by atoms with Gasteiger partial charge in [-0.25, -0.2) is 4.79 Å². The summed E-state index contributed by atoms with van der Waals surface area (Å²) in [5.41, 5.74) is 2.98. The molecular formula is C11H15N3O. The van der Waals surface area contributed by atoms with Crippen LogP contribution < -0.4 is 11.0 Å². The van der Waals surface area contributed by atoms with Crippen LogP contribution in [0.5, 0.6) is 0 Å². The van der Waals surface area contributed by atoms with Crippen LogP contribution in [0.1, 0.15) is 6.92 Å². The van der Waals surface area contributed by atoms with Gasteiger partial charge in [-0.05, 0) is 25.1 Å². The molecule has 0 spiro atoms. The molecule has 0 aliphatic rings. The fraction of sp³-hybridized carbons (Fsp3) is 0.364. The Bertz CT molecular complexity index is 551. The molecule has 0 saturated carbocycles. The van der Waals surface area contributed by atoms with Crippen molar-refractivity contribution >= 4 is 16.7 Å². The van der Waals surface area contributed by atoms with E-state index in [0.717, 1.165) is 23.3 Å². The summed E-state index contributed by atoms with van der Waals surface area (Å²) >= 11 is 0. The van der Waals surface area contributed by atoms with Crippen molar-refractivity contribution in [3.05, 3.63) is 28.7 Å². The summed E-state index contributed by atoms with van der Waals surface area (Å²) in [6, 6.07) is 5.96. The first-order chi connectivity index (χ1) is 7.15. The highest BCUT2D eigenvalue weighted by Crippen LogP contribution is 2.17. The summed E-state index contributed by atoms with van der Waals surface area (Å²) in [6.07, 6.45) is 0. The van der Waals surface area contributed by atoms with E-state index in [4.69, 9.17) is 0 Å². The molecule has 80 valence electrons. The molecule has 0 atom stereocenters. The lowest BCUT2D eigenvalue weighted by Gasteiger charge is -2.03.